The molecule has 116 valence electrons. The number of hydrogen-bond acceptors (Lipinski definition) is 3. The Kier molecular flexibility index (Phi) is 4.30. The van der Waals surface area contributed by atoms with E-state index in [-0.39, 0.29) is 11.6 Å². The van der Waals surface area contributed by atoms with E-state index in [4.69, 9.17) is 4.42 Å². The molecule has 0 fully saturated rings. The van der Waals surface area contributed by atoms with Gasteiger partial charge in [-0.05, 0) is 30.7 Å². The zero-order valence-corrected chi connectivity index (χ0v) is 14.0. The van der Waals surface area contributed by atoms with Crippen LogP contribution in [0.3, 0.4) is 0 Å². The maximum Gasteiger partial charge on any atom is 0.349 e. The van der Waals surface area contributed by atoms with Crippen LogP contribution in [0.25, 0.3) is 11.0 Å². The molecule has 0 radical (unpaired) electrons. The van der Waals surface area contributed by atoms with Crippen LogP contribution in [0, 0.1) is 0 Å². The first-order valence-corrected chi connectivity index (χ1v) is 7.94. The van der Waals surface area contributed by atoms with E-state index < -0.39 is 11.5 Å². The number of para-hydroxylation sites is 1. The Labute approximate surface area is 141 Å². The fraction of sp³-hybridized carbons (Fsp3) is 0.111. The van der Waals surface area contributed by atoms with E-state index >= 15 is 0 Å². The van der Waals surface area contributed by atoms with Crippen molar-refractivity contribution in [3.05, 3.63) is 80.6 Å². The Morgan fingerprint density at radius 3 is 2.61 bits per heavy atom. The van der Waals surface area contributed by atoms with Gasteiger partial charge in [-0.15, -0.1) is 0 Å². The van der Waals surface area contributed by atoms with Crippen LogP contribution in [0.5, 0.6) is 0 Å². The van der Waals surface area contributed by atoms with Crippen molar-refractivity contribution in [1.29, 1.82) is 0 Å². The number of hydrogen-bond donors (Lipinski definition) is 1. The lowest BCUT2D eigenvalue weighted by molar-refractivity contribution is 0.0936. The van der Waals surface area contributed by atoms with E-state index in [0.29, 0.717) is 11.0 Å². The average molecular weight is 372 g/mol. The second-order valence-electron chi connectivity index (χ2n) is 5.20. The van der Waals surface area contributed by atoms with Gasteiger partial charge in [0.25, 0.3) is 5.91 Å². The summed E-state index contributed by atoms with van der Waals surface area (Å²) in [6, 6.07) is 16.0. The van der Waals surface area contributed by atoms with Crippen LogP contribution in [-0.2, 0) is 0 Å². The molecule has 0 aliphatic carbocycles. The molecular formula is C18H14BrNO3. The molecule has 1 aromatic heterocycles. The quantitative estimate of drug-likeness (QED) is 0.706. The zero-order valence-electron chi connectivity index (χ0n) is 12.4. The van der Waals surface area contributed by atoms with Gasteiger partial charge >= 0.3 is 5.63 Å². The number of rotatable bonds is 3. The summed E-state index contributed by atoms with van der Waals surface area (Å²) in [4.78, 5) is 24.4. The second kappa shape index (κ2) is 6.38. The smallest absolute Gasteiger partial charge is 0.349 e. The van der Waals surface area contributed by atoms with Gasteiger partial charge in [-0.2, -0.15) is 0 Å². The van der Waals surface area contributed by atoms with Gasteiger partial charge in [0, 0.05) is 9.86 Å². The molecule has 0 saturated heterocycles. The minimum absolute atomic E-state index is 0.00241. The Balaban J connectivity index is 1.90. The third kappa shape index (κ3) is 3.19. The van der Waals surface area contributed by atoms with Crippen molar-refractivity contribution in [3.63, 3.8) is 0 Å². The SMILES string of the molecule is C[C@H](NC(=O)c1cc2ccccc2oc1=O)c1ccccc1Br. The minimum atomic E-state index is -0.638. The average Bonchev–Trinajstić information content (AvgIpc) is 2.54. The maximum absolute atomic E-state index is 12.4. The summed E-state index contributed by atoms with van der Waals surface area (Å²) in [6.07, 6.45) is 0. The largest absolute Gasteiger partial charge is 0.422 e. The Bertz CT molecular complexity index is 933. The molecule has 0 spiro atoms. The van der Waals surface area contributed by atoms with Gasteiger partial charge in [0.1, 0.15) is 11.1 Å². The highest BCUT2D eigenvalue weighted by Crippen LogP contribution is 2.23. The third-order valence-corrected chi connectivity index (χ3v) is 4.33. The van der Waals surface area contributed by atoms with E-state index in [0.717, 1.165) is 10.0 Å². The highest BCUT2D eigenvalue weighted by Gasteiger charge is 2.17. The molecule has 0 aliphatic heterocycles. The molecule has 1 heterocycles. The minimum Gasteiger partial charge on any atom is -0.422 e. The summed E-state index contributed by atoms with van der Waals surface area (Å²) in [5.41, 5.74) is 0.766. The number of amides is 1. The molecule has 3 rings (SSSR count). The lowest BCUT2D eigenvalue weighted by Gasteiger charge is -2.15. The van der Waals surface area contributed by atoms with E-state index in [9.17, 15) is 9.59 Å². The van der Waals surface area contributed by atoms with Crippen LogP contribution >= 0.6 is 15.9 Å². The number of carbonyl (C=O) groups is 1. The van der Waals surface area contributed by atoms with Crippen LogP contribution in [0.4, 0.5) is 0 Å². The fourth-order valence-electron chi connectivity index (χ4n) is 2.40. The topological polar surface area (TPSA) is 59.3 Å². The van der Waals surface area contributed by atoms with Gasteiger partial charge in [0.15, 0.2) is 0 Å². The highest BCUT2D eigenvalue weighted by atomic mass is 79.9. The molecule has 4 nitrogen and oxygen atoms in total. The fourth-order valence-corrected chi connectivity index (χ4v) is 3.03. The zero-order chi connectivity index (χ0) is 16.4. The summed E-state index contributed by atoms with van der Waals surface area (Å²) >= 11 is 3.46. The summed E-state index contributed by atoms with van der Waals surface area (Å²) in [5, 5.41) is 3.54. The number of benzene rings is 2. The summed E-state index contributed by atoms with van der Waals surface area (Å²) in [6.45, 7) is 1.86. The molecule has 0 bridgehead atoms. The molecule has 2 aromatic carbocycles. The Morgan fingerprint density at radius 1 is 1.13 bits per heavy atom. The van der Waals surface area contributed by atoms with Crippen molar-refractivity contribution >= 4 is 32.8 Å². The van der Waals surface area contributed by atoms with Crippen molar-refractivity contribution in [3.8, 4) is 0 Å². The Morgan fingerprint density at radius 2 is 1.83 bits per heavy atom. The maximum atomic E-state index is 12.4. The Hall–Kier alpha value is -2.40. The van der Waals surface area contributed by atoms with Gasteiger partial charge in [0.05, 0.1) is 6.04 Å². The molecule has 5 heteroatoms. The molecule has 0 unspecified atom stereocenters. The van der Waals surface area contributed by atoms with Gasteiger partial charge in [0.2, 0.25) is 0 Å². The molecule has 23 heavy (non-hydrogen) atoms. The van der Waals surface area contributed by atoms with E-state index in [1.165, 1.54) is 0 Å². The van der Waals surface area contributed by atoms with Gasteiger partial charge in [-0.3, -0.25) is 4.79 Å². The molecule has 1 N–H and O–H groups in total. The molecular weight excluding hydrogens is 358 g/mol. The van der Waals surface area contributed by atoms with Gasteiger partial charge in [-0.1, -0.05) is 52.3 Å². The normalized spacial score (nSPS) is 12.1. The van der Waals surface area contributed by atoms with E-state index in [1.54, 1.807) is 24.3 Å². The molecule has 3 aromatic rings. The predicted molar refractivity (Wildman–Crippen MR) is 92.5 cm³/mol. The number of halogens is 1. The van der Waals surface area contributed by atoms with Crippen LogP contribution in [-0.4, -0.2) is 5.91 Å². The lowest BCUT2D eigenvalue weighted by Crippen LogP contribution is -2.30. The predicted octanol–water partition coefficient (Wildman–Crippen LogP) is 4.05. The second-order valence-corrected chi connectivity index (χ2v) is 6.06. The van der Waals surface area contributed by atoms with Crippen LogP contribution < -0.4 is 10.9 Å². The van der Waals surface area contributed by atoms with E-state index in [1.807, 2.05) is 37.3 Å². The van der Waals surface area contributed by atoms with Crippen molar-refractivity contribution in [1.82, 2.24) is 5.32 Å². The lowest BCUT2D eigenvalue weighted by atomic mass is 10.1. The molecule has 0 aliphatic rings. The highest BCUT2D eigenvalue weighted by molar-refractivity contribution is 9.10. The summed E-state index contributed by atoms with van der Waals surface area (Å²) in [7, 11) is 0. The first-order valence-electron chi connectivity index (χ1n) is 7.14. The van der Waals surface area contributed by atoms with Crippen molar-refractivity contribution < 1.29 is 9.21 Å². The summed E-state index contributed by atoms with van der Waals surface area (Å²) < 4.78 is 6.10. The first-order chi connectivity index (χ1) is 11.1. The van der Waals surface area contributed by atoms with Crippen molar-refractivity contribution in [2.45, 2.75) is 13.0 Å². The molecule has 1 atom stereocenters. The van der Waals surface area contributed by atoms with Crippen molar-refractivity contribution in [2.75, 3.05) is 0 Å². The van der Waals surface area contributed by atoms with Crippen LogP contribution in [0.15, 0.2) is 68.3 Å². The van der Waals surface area contributed by atoms with Gasteiger partial charge in [-0.25, -0.2) is 4.79 Å². The summed E-state index contributed by atoms with van der Waals surface area (Å²) in [5.74, 6) is -0.451. The number of nitrogens with one attached hydrogen (secondary N) is 1. The monoisotopic (exact) mass is 371 g/mol. The van der Waals surface area contributed by atoms with Crippen molar-refractivity contribution in [2.24, 2.45) is 0 Å². The van der Waals surface area contributed by atoms with E-state index in [2.05, 4.69) is 21.2 Å². The van der Waals surface area contributed by atoms with Crippen LogP contribution in [0.1, 0.15) is 28.9 Å². The molecule has 1 amide bonds. The number of fused-ring (bicyclic) bond motifs is 1. The number of carbonyl (C=O) groups excluding carboxylic acids is 1. The standard InChI is InChI=1S/C18H14BrNO3/c1-11(13-7-3-4-8-15(13)19)20-17(21)14-10-12-6-2-5-9-16(12)23-18(14)22/h2-11H,1H3,(H,20,21)/t11-/m0/s1. The third-order valence-electron chi connectivity index (χ3n) is 3.61. The van der Waals surface area contributed by atoms with Crippen LogP contribution in [0.2, 0.25) is 0 Å². The first kappa shape index (κ1) is 15.5. The molecule has 0 saturated carbocycles. The van der Waals surface area contributed by atoms with Gasteiger partial charge < -0.3 is 9.73 Å².